The molecule has 0 aromatic heterocycles. The first-order valence-electron chi connectivity index (χ1n) is 8.67. The van der Waals surface area contributed by atoms with E-state index in [-0.39, 0.29) is 10.7 Å². The molecule has 119 valence electrons. The van der Waals surface area contributed by atoms with Crippen LogP contribution in [0.15, 0.2) is 30.3 Å². The van der Waals surface area contributed by atoms with Gasteiger partial charge in [-0.2, -0.15) is 0 Å². The van der Waals surface area contributed by atoms with Gasteiger partial charge in [0.25, 0.3) is 0 Å². The molecule has 1 aliphatic rings. The first-order chi connectivity index (χ1) is 10.6. The predicted molar refractivity (Wildman–Crippen MR) is 102 cm³/mol. The molecule has 0 bridgehead atoms. The van der Waals surface area contributed by atoms with Crippen LogP contribution in [0.3, 0.4) is 0 Å². The van der Waals surface area contributed by atoms with Crippen LogP contribution in [-0.4, -0.2) is 7.28 Å². The van der Waals surface area contributed by atoms with Crippen molar-refractivity contribution >= 4 is 12.7 Å². The van der Waals surface area contributed by atoms with Crippen LogP contribution >= 0.6 is 0 Å². The summed E-state index contributed by atoms with van der Waals surface area (Å²) in [6, 6.07) is 11.8. The van der Waals surface area contributed by atoms with E-state index in [2.05, 4.69) is 86.1 Å². The lowest BCUT2D eigenvalue weighted by molar-refractivity contribution is 0.399. The average Bonchev–Trinajstić information content (AvgIpc) is 2.39. The molecule has 1 unspecified atom stereocenters. The first kappa shape index (κ1) is 16.4. The van der Waals surface area contributed by atoms with Crippen molar-refractivity contribution in [3.8, 4) is 0 Å². The van der Waals surface area contributed by atoms with E-state index in [9.17, 15) is 0 Å². The molecule has 0 fully saturated rings. The summed E-state index contributed by atoms with van der Waals surface area (Å²) < 4.78 is 0. The normalized spacial score (nSPS) is 22.4. The molecule has 1 heterocycles. The van der Waals surface area contributed by atoms with E-state index >= 15 is 0 Å². The monoisotopic (exact) mass is 303 g/mol. The van der Waals surface area contributed by atoms with Crippen LogP contribution < -0.4 is 5.46 Å². The van der Waals surface area contributed by atoms with Gasteiger partial charge in [-0.25, -0.2) is 0 Å². The van der Waals surface area contributed by atoms with Crippen molar-refractivity contribution in [2.75, 3.05) is 0 Å². The minimum Gasteiger partial charge on any atom is -0.0827 e. The van der Waals surface area contributed by atoms with Gasteiger partial charge in [0, 0.05) is 0 Å². The fourth-order valence-corrected chi connectivity index (χ4v) is 4.44. The predicted octanol–water partition coefficient (Wildman–Crippen LogP) is 4.85. The number of hydrogen-bond acceptors (Lipinski definition) is 0. The molecule has 0 aliphatic carbocycles. The number of fused-ring (bicyclic) bond motifs is 1. The van der Waals surface area contributed by atoms with E-state index in [1.807, 2.05) is 0 Å². The summed E-state index contributed by atoms with van der Waals surface area (Å²) in [6.07, 6.45) is 1.15. The Bertz CT molecular complexity index is 750. The van der Waals surface area contributed by atoms with Crippen LogP contribution in [0, 0.1) is 27.7 Å². The van der Waals surface area contributed by atoms with Crippen molar-refractivity contribution in [3.63, 3.8) is 0 Å². The molecule has 0 nitrogen and oxygen atoms in total. The lowest BCUT2D eigenvalue weighted by atomic mass is 9.38. The summed E-state index contributed by atoms with van der Waals surface area (Å²) in [5.41, 5.74) is 10.1. The smallest absolute Gasteiger partial charge is 0.0827 e. The first-order valence-corrected chi connectivity index (χ1v) is 8.67. The Morgan fingerprint density at radius 3 is 1.96 bits per heavy atom. The zero-order valence-electron chi connectivity index (χ0n) is 15.7. The number of benzene rings is 2. The minimum absolute atomic E-state index is 0.0922. The average molecular weight is 303 g/mol. The second-order valence-electron chi connectivity index (χ2n) is 8.52. The molecule has 2 aromatic rings. The van der Waals surface area contributed by atoms with Crippen molar-refractivity contribution in [2.24, 2.45) is 0 Å². The molecule has 3 rings (SSSR count). The van der Waals surface area contributed by atoms with E-state index in [4.69, 9.17) is 0 Å². The highest BCUT2D eigenvalue weighted by molar-refractivity contribution is 6.58. The lowest BCUT2D eigenvalue weighted by Gasteiger charge is -2.45. The highest BCUT2D eigenvalue weighted by Crippen LogP contribution is 2.42. The molecule has 1 atom stereocenters. The highest BCUT2D eigenvalue weighted by Gasteiger charge is 2.41. The van der Waals surface area contributed by atoms with Gasteiger partial charge in [-0.3, -0.25) is 0 Å². The quantitative estimate of drug-likeness (QED) is 0.661. The van der Waals surface area contributed by atoms with Gasteiger partial charge in [-0.15, -0.1) is 0 Å². The molecule has 0 saturated carbocycles. The third-order valence-electron chi connectivity index (χ3n) is 5.56. The van der Waals surface area contributed by atoms with E-state index in [1.165, 1.54) is 38.8 Å². The van der Waals surface area contributed by atoms with Crippen molar-refractivity contribution in [2.45, 2.75) is 65.6 Å². The van der Waals surface area contributed by atoms with Crippen LogP contribution in [0.1, 0.15) is 60.6 Å². The van der Waals surface area contributed by atoms with Gasteiger partial charge in [0.2, 0.25) is 0 Å². The third kappa shape index (κ3) is 2.87. The minimum atomic E-state index is 0.0922. The SMILES string of the molecule is Cc1cc(C)cc(C2(C)[B]c3cc(C)c(C)cc3C(C)(C)C2)c1. The van der Waals surface area contributed by atoms with Gasteiger partial charge in [0.15, 0.2) is 7.28 Å². The summed E-state index contributed by atoms with van der Waals surface area (Å²) >= 11 is 0. The summed E-state index contributed by atoms with van der Waals surface area (Å²) in [5.74, 6) is 0. The Labute approximate surface area is 142 Å². The van der Waals surface area contributed by atoms with Gasteiger partial charge >= 0.3 is 0 Å². The van der Waals surface area contributed by atoms with Crippen LogP contribution in [0.4, 0.5) is 0 Å². The van der Waals surface area contributed by atoms with Crippen LogP contribution in [0.5, 0.6) is 0 Å². The maximum absolute atomic E-state index is 2.51. The summed E-state index contributed by atoms with van der Waals surface area (Å²) in [7, 11) is 2.51. The van der Waals surface area contributed by atoms with E-state index in [0.29, 0.717) is 0 Å². The Morgan fingerprint density at radius 1 is 0.783 bits per heavy atom. The summed E-state index contributed by atoms with van der Waals surface area (Å²) in [5, 5.41) is 0.0922. The fraction of sp³-hybridized carbons (Fsp3) is 0.455. The van der Waals surface area contributed by atoms with Crippen LogP contribution in [-0.2, 0) is 10.7 Å². The second-order valence-corrected chi connectivity index (χ2v) is 8.52. The van der Waals surface area contributed by atoms with Gasteiger partial charge in [-0.1, -0.05) is 67.7 Å². The van der Waals surface area contributed by atoms with Gasteiger partial charge in [0.05, 0.1) is 0 Å². The summed E-state index contributed by atoms with van der Waals surface area (Å²) in [6.45, 7) is 16.1. The van der Waals surface area contributed by atoms with Crippen molar-refractivity contribution in [1.29, 1.82) is 0 Å². The fourth-order valence-electron chi connectivity index (χ4n) is 4.44. The molecular weight excluding hydrogens is 275 g/mol. The van der Waals surface area contributed by atoms with E-state index < -0.39 is 0 Å². The topological polar surface area (TPSA) is 0 Å². The van der Waals surface area contributed by atoms with Crippen LogP contribution in [0.25, 0.3) is 0 Å². The zero-order chi connectivity index (χ0) is 17.0. The van der Waals surface area contributed by atoms with Gasteiger partial charge in [0.1, 0.15) is 0 Å². The third-order valence-corrected chi connectivity index (χ3v) is 5.56. The van der Waals surface area contributed by atoms with Crippen molar-refractivity contribution in [1.82, 2.24) is 0 Å². The number of hydrogen-bond donors (Lipinski definition) is 0. The van der Waals surface area contributed by atoms with Crippen molar-refractivity contribution in [3.05, 3.63) is 63.7 Å². The van der Waals surface area contributed by atoms with E-state index in [1.54, 1.807) is 0 Å². The lowest BCUT2D eigenvalue weighted by Crippen LogP contribution is -2.50. The van der Waals surface area contributed by atoms with Gasteiger partial charge < -0.3 is 0 Å². The zero-order valence-corrected chi connectivity index (χ0v) is 15.7. The largest absolute Gasteiger partial charge is 0.164 e. The molecule has 0 saturated heterocycles. The Kier molecular flexibility index (Phi) is 3.74. The van der Waals surface area contributed by atoms with Crippen molar-refractivity contribution < 1.29 is 0 Å². The Hall–Kier alpha value is -1.50. The molecule has 1 aliphatic heterocycles. The van der Waals surface area contributed by atoms with E-state index in [0.717, 1.165) is 6.42 Å². The number of aryl methyl sites for hydroxylation is 4. The maximum atomic E-state index is 2.51. The molecule has 1 heteroatoms. The number of rotatable bonds is 1. The maximum Gasteiger partial charge on any atom is 0.164 e. The molecular formula is C22H28B. The van der Waals surface area contributed by atoms with Gasteiger partial charge in [-0.05, 0) is 67.1 Å². The summed E-state index contributed by atoms with van der Waals surface area (Å²) in [4.78, 5) is 0. The molecule has 23 heavy (non-hydrogen) atoms. The molecule has 1 radical (unpaired) electrons. The Balaban J connectivity index is 2.15. The highest BCUT2D eigenvalue weighted by atomic mass is 14.4. The second kappa shape index (κ2) is 5.26. The molecule has 0 spiro atoms. The molecule has 0 amide bonds. The Morgan fingerprint density at radius 2 is 1.35 bits per heavy atom. The van der Waals surface area contributed by atoms with Crippen LogP contribution in [0.2, 0.25) is 0 Å². The molecule has 0 N–H and O–H groups in total. The standard InChI is InChI=1S/C22H28B/c1-14-8-15(2)10-18(9-14)22(7)13-21(5,6)19-11-16(3)17(4)12-20(19)23-22/h8-12H,13H2,1-7H3. The molecule has 2 aromatic carbocycles.